The van der Waals surface area contributed by atoms with Crippen LogP contribution in [0.15, 0.2) is 21.7 Å². The van der Waals surface area contributed by atoms with Gasteiger partial charge in [-0.2, -0.15) is 0 Å². The van der Waals surface area contributed by atoms with E-state index in [1.54, 1.807) is 11.8 Å². The Morgan fingerprint density at radius 1 is 1.40 bits per heavy atom. The van der Waals surface area contributed by atoms with E-state index < -0.39 is 0 Å². The summed E-state index contributed by atoms with van der Waals surface area (Å²) in [6.07, 6.45) is 4.48. The molecule has 4 rings (SSSR count). The molecule has 0 radical (unpaired) electrons. The van der Waals surface area contributed by atoms with Crippen LogP contribution in [0.3, 0.4) is 0 Å². The molecule has 0 saturated heterocycles. The summed E-state index contributed by atoms with van der Waals surface area (Å²) in [5.41, 5.74) is 3.10. The molecule has 1 saturated carbocycles. The fraction of sp³-hybridized carbons (Fsp3) is 0.474. The molecule has 1 aliphatic carbocycles. The zero-order chi connectivity index (χ0) is 17.6. The van der Waals surface area contributed by atoms with Gasteiger partial charge < -0.3 is 9.26 Å². The summed E-state index contributed by atoms with van der Waals surface area (Å²) in [4.78, 5) is 14.3. The number of carbonyl (C=O) groups excluding carboxylic acids is 1. The van der Waals surface area contributed by atoms with Crippen molar-refractivity contribution >= 4 is 29.1 Å². The standard InChI is InChI=1S/C19H20ClNO3S/c1-3-23-14-6-7-25-19-10(2)8-12(16(20)15(14)19)17(22)13-9-21-24-18(13)11-4-5-11/h8-9,11,14H,3-7H2,1-2H3. The SMILES string of the molecule is CCOC1CCSc2c(C)cc(C(=O)c3cnoc3C3CC3)c(Cl)c21. The average molecular weight is 378 g/mol. The van der Waals surface area contributed by atoms with Crippen LogP contribution in [0, 0.1) is 6.92 Å². The number of halogens is 1. The Morgan fingerprint density at radius 3 is 2.92 bits per heavy atom. The van der Waals surface area contributed by atoms with Crippen molar-refractivity contribution in [3.05, 3.63) is 45.3 Å². The van der Waals surface area contributed by atoms with Gasteiger partial charge >= 0.3 is 0 Å². The normalized spacial score (nSPS) is 19.7. The summed E-state index contributed by atoms with van der Waals surface area (Å²) in [6.45, 7) is 4.64. The van der Waals surface area contributed by atoms with E-state index in [9.17, 15) is 4.79 Å². The Balaban J connectivity index is 1.80. The topological polar surface area (TPSA) is 52.3 Å². The first kappa shape index (κ1) is 17.1. The van der Waals surface area contributed by atoms with Gasteiger partial charge in [0.1, 0.15) is 0 Å². The third kappa shape index (κ3) is 3.03. The molecule has 1 atom stereocenters. The summed E-state index contributed by atoms with van der Waals surface area (Å²) >= 11 is 8.51. The number of ether oxygens (including phenoxy) is 1. The van der Waals surface area contributed by atoms with Gasteiger partial charge in [-0.3, -0.25) is 4.79 Å². The van der Waals surface area contributed by atoms with E-state index in [2.05, 4.69) is 5.16 Å². The Hall–Kier alpha value is -1.30. The summed E-state index contributed by atoms with van der Waals surface area (Å²) in [7, 11) is 0. The van der Waals surface area contributed by atoms with Crippen molar-refractivity contribution in [2.24, 2.45) is 0 Å². The third-order valence-electron chi connectivity index (χ3n) is 4.79. The zero-order valence-electron chi connectivity index (χ0n) is 14.3. The van der Waals surface area contributed by atoms with E-state index >= 15 is 0 Å². The van der Waals surface area contributed by atoms with Crippen LogP contribution in [0.1, 0.15) is 71.0 Å². The summed E-state index contributed by atoms with van der Waals surface area (Å²) in [5.74, 6) is 1.92. The van der Waals surface area contributed by atoms with E-state index in [4.69, 9.17) is 20.9 Å². The van der Waals surface area contributed by atoms with Gasteiger partial charge in [0.05, 0.1) is 22.9 Å². The fourth-order valence-corrected chi connectivity index (χ4v) is 5.06. The number of benzene rings is 1. The van der Waals surface area contributed by atoms with Gasteiger partial charge in [-0.1, -0.05) is 16.8 Å². The number of carbonyl (C=O) groups is 1. The minimum Gasteiger partial charge on any atom is -0.374 e. The van der Waals surface area contributed by atoms with Gasteiger partial charge in [-0.05, 0) is 44.7 Å². The first-order valence-electron chi connectivity index (χ1n) is 8.68. The molecule has 1 aromatic heterocycles. The first-order chi connectivity index (χ1) is 12.1. The second kappa shape index (κ2) is 6.78. The van der Waals surface area contributed by atoms with Crippen molar-refractivity contribution < 1.29 is 14.1 Å². The lowest BCUT2D eigenvalue weighted by Gasteiger charge is -2.28. The number of aryl methyl sites for hydroxylation is 1. The van der Waals surface area contributed by atoms with Crippen LogP contribution in [0.5, 0.6) is 0 Å². The van der Waals surface area contributed by atoms with E-state index in [0.29, 0.717) is 34.4 Å². The molecule has 132 valence electrons. The molecular weight excluding hydrogens is 358 g/mol. The maximum Gasteiger partial charge on any atom is 0.199 e. The second-order valence-electron chi connectivity index (χ2n) is 6.59. The molecule has 2 aliphatic rings. The Bertz CT molecular complexity index is 828. The largest absolute Gasteiger partial charge is 0.374 e. The zero-order valence-corrected chi connectivity index (χ0v) is 15.9. The van der Waals surface area contributed by atoms with Crippen molar-refractivity contribution in [3.63, 3.8) is 0 Å². The summed E-state index contributed by atoms with van der Waals surface area (Å²) < 4.78 is 11.2. The van der Waals surface area contributed by atoms with E-state index in [0.717, 1.165) is 41.0 Å². The number of aromatic nitrogens is 1. The highest BCUT2D eigenvalue weighted by molar-refractivity contribution is 7.99. The molecule has 2 aromatic rings. The van der Waals surface area contributed by atoms with E-state index in [1.165, 1.54) is 6.20 Å². The number of fused-ring (bicyclic) bond motifs is 1. The van der Waals surface area contributed by atoms with Gasteiger partial charge in [-0.15, -0.1) is 11.8 Å². The third-order valence-corrected chi connectivity index (χ3v) is 6.47. The van der Waals surface area contributed by atoms with Crippen molar-refractivity contribution in [2.45, 2.75) is 50.0 Å². The Labute approximate surface area is 156 Å². The lowest BCUT2D eigenvalue weighted by atomic mass is 9.95. The monoisotopic (exact) mass is 377 g/mol. The number of rotatable bonds is 5. The van der Waals surface area contributed by atoms with Crippen molar-refractivity contribution in [1.29, 1.82) is 0 Å². The molecule has 0 N–H and O–H groups in total. The van der Waals surface area contributed by atoms with Crippen LogP contribution in [-0.4, -0.2) is 23.3 Å². The molecule has 2 heterocycles. The van der Waals surface area contributed by atoms with Crippen LogP contribution >= 0.6 is 23.4 Å². The van der Waals surface area contributed by atoms with Gasteiger partial charge in [0.2, 0.25) is 0 Å². The highest BCUT2D eigenvalue weighted by Gasteiger charge is 2.34. The first-order valence-corrected chi connectivity index (χ1v) is 10.0. The van der Waals surface area contributed by atoms with Gasteiger partial charge in [0.15, 0.2) is 11.5 Å². The number of thioether (sulfide) groups is 1. The van der Waals surface area contributed by atoms with Crippen molar-refractivity contribution in [3.8, 4) is 0 Å². The van der Waals surface area contributed by atoms with Crippen LogP contribution in [0.2, 0.25) is 5.02 Å². The number of nitrogens with zero attached hydrogens (tertiary/aromatic N) is 1. The summed E-state index contributed by atoms with van der Waals surface area (Å²) in [5, 5.41) is 4.36. The van der Waals surface area contributed by atoms with E-state index in [-0.39, 0.29) is 11.9 Å². The minimum absolute atomic E-state index is 0.0504. The van der Waals surface area contributed by atoms with Crippen molar-refractivity contribution in [2.75, 3.05) is 12.4 Å². The number of hydrogen-bond acceptors (Lipinski definition) is 5. The molecule has 0 amide bonds. The highest BCUT2D eigenvalue weighted by atomic mass is 35.5. The molecule has 4 nitrogen and oxygen atoms in total. The maximum atomic E-state index is 13.2. The number of ketones is 1. The lowest BCUT2D eigenvalue weighted by Crippen LogP contribution is -2.15. The van der Waals surface area contributed by atoms with Crippen molar-refractivity contribution in [1.82, 2.24) is 5.16 Å². The molecule has 25 heavy (non-hydrogen) atoms. The van der Waals surface area contributed by atoms with Gasteiger partial charge in [0.25, 0.3) is 0 Å². The minimum atomic E-state index is -0.107. The van der Waals surface area contributed by atoms with Crippen LogP contribution in [0.25, 0.3) is 0 Å². The van der Waals surface area contributed by atoms with Gasteiger partial charge in [-0.25, -0.2) is 0 Å². The van der Waals surface area contributed by atoms with Gasteiger partial charge in [0, 0.05) is 34.3 Å². The quantitative estimate of drug-likeness (QED) is 0.660. The van der Waals surface area contributed by atoms with E-state index in [1.807, 2.05) is 19.9 Å². The fourth-order valence-electron chi connectivity index (χ4n) is 3.43. The molecule has 1 fully saturated rings. The maximum absolute atomic E-state index is 13.2. The highest BCUT2D eigenvalue weighted by Crippen LogP contribution is 2.46. The smallest absolute Gasteiger partial charge is 0.199 e. The predicted molar refractivity (Wildman–Crippen MR) is 97.8 cm³/mol. The average Bonchev–Trinajstić information content (AvgIpc) is 3.34. The molecule has 0 spiro atoms. The Morgan fingerprint density at radius 2 is 2.20 bits per heavy atom. The molecule has 1 unspecified atom stereocenters. The van der Waals surface area contributed by atoms with Crippen LogP contribution < -0.4 is 0 Å². The molecule has 1 aliphatic heterocycles. The molecule has 6 heteroatoms. The van der Waals surface area contributed by atoms with Crippen LogP contribution in [-0.2, 0) is 4.74 Å². The summed E-state index contributed by atoms with van der Waals surface area (Å²) in [6, 6.07) is 1.90. The second-order valence-corrected chi connectivity index (χ2v) is 8.07. The molecular formula is C19H20ClNO3S. The Kier molecular flexibility index (Phi) is 4.65. The molecule has 1 aromatic carbocycles. The lowest BCUT2D eigenvalue weighted by molar-refractivity contribution is 0.0575. The predicted octanol–water partition coefficient (Wildman–Crippen LogP) is 5.32. The van der Waals surface area contributed by atoms with Crippen LogP contribution in [0.4, 0.5) is 0 Å². The number of hydrogen-bond donors (Lipinski definition) is 0. The molecule has 0 bridgehead atoms.